The molecule has 0 radical (unpaired) electrons. The molecule has 1 aliphatic heterocycles. The molecule has 1 saturated heterocycles. The van der Waals surface area contributed by atoms with Gasteiger partial charge in [-0.25, -0.2) is 14.8 Å². The third-order valence-electron chi connectivity index (χ3n) is 4.75. The standard InChI is InChI=1S/C21H28N4O3/c1-15-13-16(2)24-20(23-15)28-19-5-4-12-25(14-19)21(26)22-11-10-17-6-8-18(27-3)9-7-17/h6-9,13,19H,4-5,10-12,14H2,1-3H3,(H,22,26). The summed E-state index contributed by atoms with van der Waals surface area (Å²) in [4.78, 5) is 23.0. The Morgan fingerprint density at radius 3 is 2.61 bits per heavy atom. The molecule has 0 aliphatic carbocycles. The fourth-order valence-corrected chi connectivity index (χ4v) is 3.33. The lowest BCUT2D eigenvalue weighted by molar-refractivity contribution is 0.0937. The highest BCUT2D eigenvalue weighted by Crippen LogP contribution is 2.16. The Labute approximate surface area is 166 Å². The maximum Gasteiger partial charge on any atom is 0.317 e. The zero-order chi connectivity index (χ0) is 19.9. The Kier molecular flexibility index (Phi) is 6.68. The van der Waals surface area contributed by atoms with Crippen LogP contribution in [0.5, 0.6) is 11.8 Å². The van der Waals surface area contributed by atoms with Crippen molar-refractivity contribution in [3.05, 3.63) is 47.3 Å². The molecule has 7 heteroatoms. The van der Waals surface area contributed by atoms with Crippen LogP contribution in [0.1, 0.15) is 29.8 Å². The van der Waals surface area contributed by atoms with Crippen molar-refractivity contribution >= 4 is 6.03 Å². The number of aryl methyl sites for hydroxylation is 2. The van der Waals surface area contributed by atoms with E-state index < -0.39 is 0 Å². The topological polar surface area (TPSA) is 76.6 Å². The fraction of sp³-hybridized carbons (Fsp3) is 0.476. The zero-order valence-electron chi connectivity index (χ0n) is 16.8. The van der Waals surface area contributed by atoms with Crippen molar-refractivity contribution in [1.82, 2.24) is 20.2 Å². The molecule has 1 N–H and O–H groups in total. The highest BCUT2D eigenvalue weighted by Gasteiger charge is 2.25. The SMILES string of the molecule is COc1ccc(CCNC(=O)N2CCCC(Oc3nc(C)cc(C)n3)C2)cc1. The Morgan fingerprint density at radius 1 is 1.21 bits per heavy atom. The van der Waals surface area contributed by atoms with E-state index in [0.717, 1.165) is 48.5 Å². The molecule has 1 atom stereocenters. The Morgan fingerprint density at radius 2 is 1.93 bits per heavy atom. The molecule has 0 spiro atoms. The normalized spacial score (nSPS) is 16.5. The van der Waals surface area contributed by atoms with E-state index in [1.165, 1.54) is 0 Å². The number of hydrogen-bond donors (Lipinski definition) is 1. The highest BCUT2D eigenvalue weighted by atomic mass is 16.5. The monoisotopic (exact) mass is 384 g/mol. The smallest absolute Gasteiger partial charge is 0.317 e. The summed E-state index contributed by atoms with van der Waals surface area (Å²) in [5.41, 5.74) is 2.92. The van der Waals surface area contributed by atoms with Crippen LogP contribution in [0.15, 0.2) is 30.3 Å². The molecular formula is C21H28N4O3. The number of carbonyl (C=O) groups is 1. The number of rotatable bonds is 6. The van der Waals surface area contributed by atoms with Gasteiger partial charge in [0.2, 0.25) is 0 Å². The van der Waals surface area contributed by atoms with Gasteiger partial charge in [0.1, 0.15) is 11.9 Å². The van der Waals surface area contributed by atoms with Crippen LogP contribution < -0.4 is 14.8 Å². The van der Waals surface area contributed by atoms with Crippen LogP contribution in [0.25, 0.3) is 0 Å². The van der Waals surface area contributed by atoms with E-state index in [0.29, 0.717) is 19.1 Å². The van der Waals surface area contributed by atoms with Crippen LogP contribution in [0.3, 0.4) is 0 Å². The van der Waals surface area contributed by atoms with Gasteiger partial charge in [0.05, 0.1) is 13.7 Å². The Bertz CT molecular complexity index is 774. The van der Waals surface area contributed by atoms with Gasteiger partial charge < -0.3 is 19.7 Å². The van der Waals surface area contributed by atoms with Crippen molar-refractivity contribution < 1.29 is 14.3 Å². The summed E-state index contributed by atoms with van der Waals surface area (Å²) in [5, 5.41) is 3.00. The van der Waals surface area contributed by atoms with E-state index in [2.05, 4.69) is 15.3 Å². The maximum absolute atomic E-state index is 12.5. The van der Waals surface area contributed by atoms with Crippen molar-refractivity contribution in [3.8, 4) is 11.8 Å². The van der Waals surface area contributed by atoms with E-state index in [9.17, 15) is 4.79 Å². The summed E-state index contributed by atoms with van der Waals surface area (Å²) in [6.07, 6.45) is 2.50. The molecular weight excluding hydrogens is 356 g/mol. The van der Waals surface area contributed by atoms with Crippen molar-refractivity contribution in [1.29, 1.82) is 0 Å². The number of likely N-dealkylation sites (tertiary alicyclic amines) is 1. The lowest BCUT2D eigenvalue weighted by atomic mass is 10.1. The average Bonchev–Trinajstić information content (AvgIpc) is 2.68. The lowest BCUT2D eigenvalue weighted by Gasteiger charge is -2.32. The largest absolute Gasteiger partial charge is 0.497 e. The molecule has 0 bridgehead atoms. The van der Waals surface area contributed by atoms with Crippen molar-refractivity contribution in [2.45, 2.75) is 39.2 Å². The second-order valence-corrected chi connectivity index (χ2v) is 7.09. The summed E-state index contributed by atoms with van der Waals surface area (Å²) in [7, 11) is 1.65. The van der Waals surface area contributed by atoms with Crippen LogP contribution in [0, 0.1) is 13.8 Å². The van der Waals surface area contributed by atoms with E-state index in [-0.39, 0.29) is 12.1 Å². The predicted octanol–water partition coefficient (Wildman–Crippen LogP) is 2.90. The van der Waals surface area contributed by atoms with Gasteiger partial charge in [0.15, 0.2) is 0 Å². The quantitative estimate of drug-likeness (QED) is 0.829. The first-order valence-corrected chi connectivity index (χ1v) is 9.68. The first-order valence-electron chi connectivity index (χ1n) is 9.68. The summed E-state index contributed by atoms with van der Waals surface area (Å²) in [6.45, 7) is 5.72. The van der Waals surface area contributed by atoms with Gasteiger partial charge in [0.25, 0.3) is 0 Å². The number of aromatic nitrogens is 2. The number of methoxy groups -OCH3 is 1. The van der Waals surface area contributed by atoms with E-state index in [4.69, 9.17) is 9.47 Å². The second-order valence-electron chi connectivity index (χ2n) is 7.09. The van der Waals surface area contributed by atoms with Gasteiger partial charge >= 0.3 is 12.0 Å². The lowest BCUT2D eigenvalue weighted by Crippen LogP contribution is -2.49. The minimum atomic E-state index is -0.0812. The molecule has 1 fully saturated rings. The minimum Gasteiger partial charge on any atom is -0.497 e. The van der Waals surface area contributed by atoms with Gasteiger partial charge in [-0.3, -0.25) is 0 Å². The molecule has 2 amide bonds. The van der Waals surface area contributed by atoms with Crippen LogP contribution in [0.4, 0.5) is 4.79 Å². The third-order valence-corrected chi connectivity index (χ3v) is 4.75. The number of nitrogens with one attached hydrogen (secondary N) is 1. The predicted molar refractivity (Wildman–Crippen MR) is 107 cm³/mol. The molecule has 2 heterocycles. The highest BCUT2D eigenvalue weighted by molar-refractivity contribution is 5.74. The number of nitrogens with zero attached hydrogens (tertiary/aromatic N) is 3. The van der Waals surface area contributed by atoms with Gasteiger partial charge in [-0.15, -0.1) is 0 Å². The number of amides is 2. The van der Waals surface area contributed by atoms with Crippen molar-refractivity contribution in [2.24, 2.45) is 0 Å². The molecule has 7 nitrogen and oxygen atoms in total. The van der Waals surface area contributed by atoms with E-state index in [1.54, 1.807) is 7.11 Å². The molecule has 150 valence electrons. The second kappa shape index (κ2) is 9.39. The van der Waals surface area contributed by atoms with Crippen LogP contribution in [-0.4, -0.2) is 53.7 Å². The molecule has 1 aliphatic rings. The van der Waals surface area contributed by atoms with Gasteiger partial charge in [-0.2, -0.15) is 0 Å². The van der Waals surface area contributed by atoms with Crippen LogP contribution >= 0.6 is 0 Å². The number of piperidine rings is 1. The number of benzene rings is 1. The maximum atomic E-state index is 12.5. The third kappa shape index (κ3) is 5.58. The zero-order valence-corrected chi connectivity index (χ0v) is 16.8. The number of urea groups is 1. The average molecular weight is 384 g/mol. The summed E-state index contributed by atoms with van der Waals surface area (Å²) in [5.74, 6) is 0.833. The van der Waals surface area contributed by atoms with Crippen molar-refractivity contribution in [3.63, 3.8) is 0 Å². The summed E-state index contributed by atoms with van der Waals surface area (Å²) in [6, 6.07) is 10.1. The summed E-state index contributed by atoms with van der Waals surface area (Å²) < 4.78 is 11.1. The first kappa shape index (κ1) is 19.9. The number of ether oxygens (including phenoxy) is 2. The van der Waals surface area contributed by atoms with Gasteiger partial charge in [0, 0.05) is 24.5 Å². The summed E-state index contributed by atoms with van der Waals surface area (Å²) >= 11 is 0. The number of hydrogen-bond acceptors (Lipinski definition) is 5. The Balaban J connectivity index is 1.46. The van der Waals surface area contributed by atoms with E-state index in [1.807, 2.05) is 49.1 Å². The minimum absolute atomic E-state index is 0.0526. The Hall–Kier alpha value is -2.83. The first-order chi connectivity index (χ1) is 13.5. The molecule has 1 unspecified atom stereocenters. The van der Waals surface area contributed by atoms with Crippen molar-refractivity contribution in [2.75, 3.05) is 26.7 Å². The van der Waals surface area contributed by atoms with Crippen LogP contribution in [0.2, 0.25) is 0 Å². The number of carbonyl (C=O) groups excluding carboxylic acids is 1. The van der Waals surface area contributed by atoms with Gasteiger partial charge in [-0.1, -0.05) is 12.1 Å². The van der Waals surface area contributed by atoms with Crippen LogP contribution in [-0.2, 0) is 6.42 Å². The molecule has 1 aromatic carbocycles. The van der Waals surface area contributed by atoms with Gasteiger partial charge in [-0.05, 0) is 56.9 Å². The molecule has 3 rings (SSSR count). The molecule has 0 saturated carbocycles. The molecule has 2 aromatic rings. The fourth-order valence-electron chi connectivity index (χ4n) is 3.33. The molecule has 1 aromatic heterocycles. The van der Waals surface area contributed by atoms with E-state index >= 15 is 0 Å². The molecule has 28 heavy (non-hydrogen) atoms.